The van der Waals surface area contributed by atoms with Gasteiger partial charge in [0.25, 0.3) is 21.1 Å². The van der Waals surface area contributed by atoms with Gasteiger partial charge in [-0.2, -0.15) is 17.5 Å². The Morgan fingerprint density at radius 1 is 0.891 bits per heavy atom. The van der Waals surface area contributed by atoms with Crippen molar-refractivity contribution >= 4 is 37.9 Å². The third-order valence-electron chi connectivity index (χ3n) is 10.2. The van der Waals surface area contributed by atoms with Gasteiger partial charge in [0.15, 0.2) is 16.2 Å². The summed E-state index contributed by atoms with van der Waals surface area (Å²) < 4.78 is 76.9. The normalized spacial score (nSPS) is 15.8. The van der Waals surface area contributed by atoms with Crippen LogP contribution in [0.1, 0.15) is 41.4 Å². The molecule has 13 nitrogen and oxygen atoms in total. The van der Waals surface area contributed by atoms with E-state index in [1.54, 1.807) is 29.8 Å². The van der Waals surface area contributed by atoms with Crippen molar-refractivity contribution < 1.29 is 31.5 Å². The second-order valence-electron chi connectivity index (χ2n) is 13.6. The van der Waals surface area contributed by atoms with Gasteiger partial charge in [-0.15, -0.1) is 0 Å². The molecular weight excluding hydrogens is 742 g/mol. The number of pyridine rings is 1. The van der Waals surface area contributed by atoms with Gasteiger partial charge >= 0.3 is 17.8 Å². The maximum Gasteiger partial charge on any atom is 0.416 e. The highest BCUT2D eigenvalue weighted by Gasteiger charge is 2.43. The number of halogens is 3. The van der Waals surface area contributed by atoms with Gasteiger partial charge in [0.05, 0.1) is 5.56 Å². The summed E-state index contributed by atoms with van der Waals surface area (Å²) in [6, 6.07) is 16.3. The summed E-state index contributed by atoms with van der Waals surface area (Å²) in [5.41, 5.74) is -2.18. The maximum atomic E-state index is 14.7. The van der Waals surface area contributed by atoms with Gasteiger partial charge in [-0.05, 0) is 58.9 Å². The van der Waals surface area contributed by atoms with Gasteiger partial charge < -0.3 is 9.67 Å². The Labute approximate surface area is 311 Å². The van der Waals surface area contributed by atoms with Crippen LogP contribution in [-0.4, -0.2) is 60.1 Å². The zero-order valence-electron chi connectivity index (χ0n) is 29.9. The van der Waals surface area contributed by atoms with Crippen LogP contribution in [0.4, 0.5) is 13.2 Å². The molecule has 17 heteroatoms. The van der Waals surface area contributed by atoms with Crippen molar-refractivity contribution in [2.75, 3.05) is 13.1 Å². The molecule has 1 atom stereocenters. The summed E-state index contributed by atoms with van der Waals surface area (Å²) in [5.74, 6) is -1.04. The Balaban J connectivity index is 1.31. The molecule has 3 aromatic heterocycles. The van der Waals surface area contributed by atoms with Crippen LogP contribution in [0.25, 0.3) is 33.1 Å². The minimum absolute atomic E-state index is 0.0456. The highest BCUT2D eigenvalue weighted by atomic mass is 32.2. The van der Waals surface area contributed by atoms with Crippen molar-refractivity contribution in [2.45, 2.75) is 42.9 Å². The summed E-state index contributed by atoms with van der Waals surface area (Å²) in [6.45, 7) is -0.792. The van der Waals surface area contributed by atoms with E-state index in [1.165, 1.54) is 24.7 Å². The number of hydrogen-bond donors (Lipinski definition) is 1. The molecule has 7 rings (SSSR count). The van der Waals surface area contributed by atoms with E-state index in [4.69, 9.17) is 0 Å². The van der Waals surface area contributed by atoms with E-state index in [-0.39, 0.29) is 53.7 Å². The lowest BCUT2D eigenvalue weighted by Crippen LogP contribution is -2.50. The van der Waals surface area contributed by atoms with Crippen LogP contribution in [0, 0.1) is 0 Å². The number of carboxylic acid groups (broad SMARTS) is 1. The highest BCUT2D eigenvalue weighted by molar-refractivity contribution is 7.89. The summed E-state index contributed by atoms with van der Waals surface area (Å²) in [5, 5.41) is 11.3. The molecule has 1 N–H and O–H groups in total. The highest BCUT2D eigenvalue weighted by Crippen LogP contribution is 2.40. The van der Waals surface area contributed by atoms with E-state index in [9.17, 15) is 45.9 Å². The van der Waals surface area contributed by atoms with Crippen LogP contribution in [0.2, 0.25) is 0 Å². The number of sulfonamides is 1. The van der Waals surface area contributed by atoms with Gasteiger partial charge in [0, 0.05) is 52.3 Å². The van der Waals surface area contributed by atoms with Crippen LogP contribution >= 0.6 is 0 Å². The van der Waals surface area contributed by atoms with Crippen molar-refractivity contribution in [3.63, 3.8) is 0 Å². The third kappa shape index (κ3) is 6.46. The fourth-order valence-electron chi connectivity index (χ4n) is 7.40. The molecule has 4 heterocycles. The number of carboxylic acids is 1. The van der Waals surface area contributed by atoms with Crippen molar-refractivity contribution in [3.05, 3.63) is 127 Å². The van der Waals surface area contributed by atoms with Crippen molar-refractivity contribution in [1.29, 1.82) is 0 Å². The van der Waals surface area contributed by atoms with Gasteiger partial charge in [-0.25, -0.2) is 23.0 Å². The number of imidazole rings is 1. The molecule has 6 aromatic rings. The second kappa shape index (κ2) is 13.8. The number of unbranched alkanes of at least 4 members (excludes halogenated alkanes) is 1. The first-order valence-electron chi connectivity index (χ1n) is 17.3. The fraction of sp³-hybridized carbons (Fsp3) is 0.289. The Morgan fingerprint density at radius 2 is 1.60 bits per heavy atom. The third-order valence-corrected chi connectivity index (χ3v) is 12.1. The molecule has 0 amide bonds. The van der Waals surface area contributed by atoms with E-state index in [0.717, 1.165) is 43.9 Å². The number of aromatic nitrogens is 5. The van der Waals surface area contributed by atoms with Crippen molar-refractivity contribution in [1.82, 2.24) is 27.6 Å². The molecule has 3 aromatic carbocycles. The average Bonchev–Trinajstić information content (AvgIpc) is 3.47. The molecule has 1 aliphatic heterocycles. The molecule has 0 aliphatic carbocycles. The number of fused-ring (bicyclic) bond motifs is 3. The standard InChI is InChI=1S/C38H35F3N6O7S/c1-43-29(42-33-32(43)34(49)45(3)37(52)44(33)2)16-6-7-17-46-21-28(36(50)51)47-30(48)20-25(18-23-12-8-11-22-10-4-5-15-27(22)23)31(35(47)55(46,53)54)24-13-9-14-26(19-24)38(39,40)41/h4-5,8-15,19-20,28H,6-7,16-18,21H2,1-3H3,(H,50,51). The summed E-state index contributed by atoms with van der Waals surface area (Å²) in [4.78, 5) is 56.3. The molecule has 55 heavy (non-hydrogen) atoms. The molecule has 0 fully saturated rings. The summed E-state index contributed by atoms with van der Waals surface area (Å²) in [7, 11) is -0.224. The Morgan fingerprint density at radius 3 is 2.33 bits per heavy atom. The molecule has 0 saturated carbocycles. The van der Waals surface area contributed by atoms with Gasteiger partial charge in [-0.3, -0.25) is 23.3 Å². The molecular formula is C38H35F3N6O7S. The predicted octanol–water partition coefficient (Wildman–Crippen LogP) is 4.22. The number of alkyl halides is 3. The van der Waals surface area contributed by atoms with Crippen LogP contribution in [0.5, 0.6) is 0 Å². The monoisotopic (exact) mass is 776 g/mol. The van der Waals surface area contributed by atoms with E-state index in [2.05, 4.69) is 4.98 Å². The fourth-order valence-corrected chi connectivity index (χ4v) is 9.33. The van der Waals surface area contributed by atoms with E-state index < -0.39 is 62.2 Å². The van der Waals surface area contributed by atoms with E-state index >= 15 is 0 Å². The predicted molar refractivity (Wildman–Crippen MR) is 197 cm³/mol. The first-order valence-corrected chi connectivity index (χ1v) is 18.7. The lowest BCUT2D eigenvalue weighted by atomic mass is 9.93. The number of nitrogens with zero attached hydrogens (tertiary/aromatic N) is 6. The molecule has 0 bridgehead atoms. The molecule has 286 valence electrons. The summed E-state index contributed by atoms with van der Waals surface area (Å²) >= 11 is 0. The topological polar surface area (TPSA) is 158 Å². The smallest absolute Gasteiger partial charge is 0.416 e. The molecule has 0 spiro atoms. The second-order valence-corrected chi connectivity index (χ2v) is 15.4. The van der Waals surface area contributed by atoms with Gasteiger partial charge in [-0.1, -0.05) is 54.6 Å². The number of rotatable bonds is 9. The number of aliphatic carboxylic acids is 1. The zero-order valence-corrected chi connectivity index (χ0v) is 30.7. The Bertz CT molecular complexity index is 2830. The molecule has 0 radical (unpaired) electrons. The average molecular weight is 777 g/mol. The Hall–Kier alpha value is -5.81. The zero-order chi connectivity index (χ0) is 39.6. The van der Waals surface area contributed by atoms with Crippen molar-refractivity contribution in [3.8, 4) is 11.1 Å². The Kier molecular flexibility index (Phi) is 9.41. The van der Waals surface area contributed by atoms with Gasteiger partial charge in [0.1, 0.15) is 11.9 Å². The summed E-state index contributed by atoms with van der Waals surface area (Å²) in [6.07, 6.45) is -4.06. The van der Waals surface area contributed by atoms with Crippen LogP contribution < -0.4 is 16.8 Å². The van der Waals surface area contributed by atoms with Crippen LogP contribution in [-0.2, 0) is 55.0 Å². The van der Waals surface area contributed by atoms with Crippen molar-refractivity contribution in [2.24, 2.45) is 21.1 Å². The SMILES string of the molecule is Cn1c(=O)c2c(nc(CCCCN3CC(C(=O)O)n4c(c(-c5cccc(C(F)(F)F)c5)c(Cc5cccc6ccccc56)cc4=O)S3(=O)=O)n2C)n(C)c1=O. The number of hydrogen-bond acceptors (Lipinski definition) is 7. The number of aryl methyl sites for hydroxylation is 3. The van der Waals surface area contributed by atoms with E-state index in [1.807, 2.05) is 24.3 Å². The quantitative estimate of drug-likeness (QED) is 0.214. The lowest BCUT2D eigenvalue weighted by molar-refractivity contribution is -0.141. The maximum absolute atomic E-state index is 14.7. The molecule has 0 saturated heterocycles. The molecule has 1 unspecified atom stereocenters. The minimum atomic E-state index is -4.79. The first kappa shape index (κ1) is 37.5. The largest absolute Gasteiger partial charge is 0.480 e. The lowest BCUT2D eigenvalue weighted by Gasteiger charge is -2.35. The van der Waals surface area contributed by atoms with Gasteiger partial charge in [0.2, 0.25) is 0 Å². The molecule has 1 aliphatic rings. The number of carbonyl (C=O) groups is 1. The van der Waals surface area contributed by atoms with Crippen LogP contribution in [0.3, 0.4) is 0 Å². The van der Waals surface area contributed by atoms with Crippen LogP contribution in [0.15, 0.2) is 92.2 Å². The number of benzene rings is 3. The van der Waals surface area contributed by atoms with E-state index in [0.29, 0.717) is 22.4 Å². The first-order chi connectivity index (χ1) is 26.0. The minimum Gasteiger partial charge on any atom is -0.480 e.